The van der Waals surface area contributed by atoms with E-state index in [0.717, 1.165) is 5.46 Å². The third kappa shape index (κ3) is 2.56. The lowest BCUT2D eigenvalue weighted by Gasteiger charge is -2.32. The van der Waals surface area contributed by atoms with E-state index in [0.29, 0.717) is 0 Å². The van der Waals surface area contributed by atoms with E-state index in [2.05, 4.69) is 59.5 Å². The quantitative estimate of drug-likeness (QED) is 0.728. The lowest BCUT2D eigenvalue weighted by atomic mass is 9.70. The highest BCUT2D eigenvalue weighted by Gasteiger charge is 2.52. The smallest absolute Gasteiger partial charge is 0.399 e. The van der Waals surface area contributed by atoms with Gasteiger partial charge in [0.2, 0.25) is 0 Å². The highest BCUT2D eigenvalue weighted by atomic mass is 16.7. The van der Waals surface area contributed by atoms with E-state index in [1.807, 2.05) is 12.4 Å². The van der Waals surface area contributed by atoms with Crippen LogP contribution in [0, 0.1) is 0 Å². The van der Waals surface area contributed by atoms with Crippen LogP contribution in [-0.4, -0.2) is 23.3 Å². The van der Waals surface area contributed by atoms with Crippen molar-refractivity contribution < 1.29 is 9.31 Å². The van der Waals surface area contributed by atoms with Gasteiger partial charge in [-0.1, -0.05) is 20.8 Å². The Bertz CT molecular complexity index is 461. The molecule has 0 aliphatic carbocycles. The zero-order chi connectivity index (χ0) is 14.5. The fraction of sp³-hybridized carbons (Fsp3) is 0.667. The van der Waals surface area contributed by atoms with Crippen molar-refractivity contribution in [3.8, 4) is 0 Å². The first kappa shape index (κ1) is 14.5. The molecule has 0 radical (unpaired) electrons. The van der Waals surface area contributed by atoms with Crippen LogP contribution in [0.25, 0.3) is 0 Å². The first-order valence-corrected chi connectivity index (χ1v) is 6.85. The number of aromatic nitrogens is 1. The normalized spacial score (nSPS) is 21.7. The summed E-state index contributed by atoms with van der Waals surface area (Å²) in [6, 6.07) is 2.06. The number of hydrogen-bond acceptors (Lipinski definition) is 3. The number of pyridine rings is 1. The van der Waals surface area contributed by atoms with Crippen LogP contribution < -0.4 is 5.46 Å². The van der Waals surface area contributed by atoms with E-state index in [4.69, 9.17) is 9.31 Å². The summed E-state index contributed by atoms with van der Waals surface area (Å²) in [6.45, 7) is 14.9. The molecule has 0 bridgehead atoms. The summed E-state index contributed by atoms with van der Waals surface area (Å²) in [5, 5.41) is 0. The van der Waals surface area contributed by atoms with Gasteiger partial charge in [0.25, 0.3) is 0 Å². The summed E-state index contributed by atoms with van der Waals surface area (Å²) >= 11 is 0. The van der Waals surface area contributed by atoms with Gasteiger partial charge in [0, 0.05) is 17.9 Å². The lowest BCUT2D eigenvalue weighted by Crippen LogP contribution is -2.41. The van der Waals surface area contributed by atoms with Gasteiger partial charge < -0.3 is 9.31 Å². The molecule has 1 aliphatic rings. The second-order valence-corrected chi connectivity index (χ2v) is 7.30. The molecule has 1 saturated heterocycles. The van der Waals surface area contributed by atoms with E-state index in [9.17, 15) is 0 Å². The van der Waals surface area contributed by atoms with Crippen LogP contribution in [0.4, 0.5) is 0 Å². The zero-order valence-corrected chi connectivity index (χ0v) is 13.1. The first-order valence-electron chi connectivity index (χ1n) is 6.85. The second kappa shape index (κ2) is 4.32. The van der Waals surface area contributed by atoms with Crippen LogP contribution in [0.15, 0.2) is 18.5 Å². The number of rotatable bonds is 1. The molecule has 0 amide bonds. The lowest BCUT2D eigenvalue weighted by molar-refractivity contribution is 0.00578. The van der Waals surface area contributed by atoms with Crippen molar-refractivity contribution >= 4 is 12.6 Å². The van der Waals surface area contributed by atoms with Gasteiger partial charge in [-0.3, -0.25) is 4.98 Å². The molecule has 19 heavy (non-hydrogen) atoms. The molecule has 3 nitrogen and oxygen atoms in total. The summed E-state index contributed by atoms with van der Waals surface area (Å²) in [4.78, 5) is 4.24. The molecule has 0 N–H and O–H groups in total. The Hall–Kier alpha value is -0.865. The van der Waals surface area contributed by atoms with Gasteiger partial charge in [0.05, 0.1) is 11.2 Å². The Balaban J connectivity index is 2.41. The predicted molar refractivity (Wildman–Crippen MR) is 78.7 cm³/mol. The van der Waals surface area contributed by atoms with E-state index in [1.165, 1.54) is 5.56 Å². The fourth-order valence-corrected chi connectivity index (χ4v) is 2.25. The number of hydrogen-bond donors (Lipinski definition) is 0. The molecule has 0 aromatic carbocycles. The van der Waals surface area contributed by atoms with Crippen LogP contribution in [0.5, 0.6) is 0 Å². The van der Waals surface area contributed by atoms with Crippen LogP contribution in [0.2, 0.25) is 0 Å². The average molecular weight is 261 g/mol. The molecule has 0 saturated carbocycles. The SMILES string of the molecule is CC(C)(C)c1ccncc1B1OC(C)(C)C(C)(C)O1. The van der Waals surface area contributed by atoms with Crippen LogP contribution in [0.3, 0.4) is 0 Å². The van der Waals surface area contributed by atoms with E-state index in [1.54, 1.807) is 0 Å². The zero-order valence-electron chi connectivity index (χ0n) is 13.1. The molecule has 0 spiro atoms. The molecular weight excluding hydrogens is 237 g/mol. The Kier molecular flexibility index (Phi) is 3.31. The third-order valence-corrected chi connectivity index (χ3v) is 4.17. The van der Waals surface area contributed by atoms with Crippen LogP contribution in [0.1, 0.15) is 54.0 Å². The summed E-state index contributed by atoms with van der Waals surface area (Å²) in [6.07, 6.45) is 3.69. The van der Waals surface area contributed by atoms with Gasteiger partial charge in [0.15, 0.2) is 0 Å². The highest BCUT2D eigenvalue weighted by Crippen LogP contribution is 2.37. The first-order chi connectivity index (χ1) is 8.55. The van der Waals surface area contributed by atoms with Gasteiger partial charge in [-0.25, -0.2) is 0 Å². The molecule has 0 unspecified atom stereocenters. The minimum atomic E-state index is -0.340. The van der Waals surface area contributed by atoms with Crippen molar-refractivity contribution in [2.75, 3.05) is 0 Å². The van der Waals surface area contributed by atoms with Gasteiger partial charge in [0.1, 0.15) is 0 Å². The van der Waals surface area contributed by atoms with Gasteiger partial charge in [-0.05, 0) is 44.7 Å². The largest absolute Gasteiger partial charge is 0.496 e. The Morgan fingerprint density at radius 2 is 1.58 bits per heavy atom. The predicted octanol–water partition coefficient (Wildman–Crippen LogP) is 2.68. The Morgan fingerprint density at radius 1 is 1.05 bits per heavy atom. The summed E-state index contributed by atoms with van der Waals surface area (Å²) < 4.78 is 12.2. The molecule has 2 rings (SSSR count). The van der Waals surface area contributed by atoms with Gasteiger partial charge >= 0.3 is 7.12 Å². The topological polar surface area (TPSA) is 31.4 Å². The van der Waals surface area contributed by atoms with Crippen molar-refractivity contribution in [1.29, 1.82) is 0 Å². The summed E-state index contributed by atoms with van der Waals surface area (Å²) in [5.74, 6) is 0. The van der Waals surface area contributed by atoms with Crippen molar-refractivity contribution in [1.82, 2.24) is 4.98 Å². The van der Waals surface area contributed by atoms with Crippen molar-refractivity contribution in [3.05, 3.63) is 24.0 Å². The molecule has 4 heteroatoms. The highest BCUT2D eigenvalue weighted by molar-refractivity contribution is 6.62. The monoisotopic (exact) mass is 261 g/mol. The Labute approximate surface area is 116 Å². The third-order valence-electron chi connectivity index (χ3n) is 4.17. The van der Waals surface area contributed by atoms with E-state index >= 15 is 0 Å². The fourth-order valence-electron chi connectivity index (χ4n) is 2.25. The summed E-state index contributed by atoms with van der Waals surface area (Å²) in [7, 11) is -0.340. The molecule has 2 heterocycles. The van der Waals surface area contributed by atoms with Crippen molar-refractivity contribution in [2.24, 2.45) is 0 Å². The van der Waals surface area contributed by atoms with Gasteiger partial charge in [-0.2, -0.15) is 0 Å². The average Bonchev–Trinajstić information content (AvgIpc) is 2.47. The van der Waals surface area contributed by atoms with Crippen LogP contribution >= 0.6 is 0 Å². The minimum absolute atomic E-state index is 0.0435. The maximum Gasteiger partial charge on any atom is 0.496 e. The van der Waals surface area contributed by atoms with E-state index < -0.39 is 0 Å². The van der Waals surface area contributed by atoms with Crippen molar-refractivity contribution in [2.45, 2.75) is 65.1 Å². The molecule has 0 atom stereocenters. The Morgan fingerprint density at radius 3 is 2.05 bits per heavy atom. The molecule has 1 aromatic rings. The molecule has 1 aliphatic heterocycles. The van der Waals surface area contributed by atoms with E-state index in [-0.39, 0.29) is 23.7 Å². The maximum atomic E-state index is 6.12. The standard InChI is InChI=1S/C15H24BNO2/c1-13(2,3)11-8-9-17-10-12(11)16-18-14(4,5)15(6,7)19-16/h8-10H,1-7H3. The minimum Gasteiger partial charge on any atom is -0.399 e. The number of nitrogens with zero attached hydrogens (tertiary/aromatic N) is 1. The van der Waals surface area contributed by atoms with Gasteiger partial charge in [-0.15, -0.1) is 0 Å². The van der Waals surface area contributed by atoms with Crippen LogP contribution in [-0.2, 0) is 14.7 Å². The summed E-state index contributed by atoms with van der Waals surface area (Å²) in [5.41, 5.74) is 1.67. The molecule has 1 aromatic heterocycles. The van der Waals surface area contributed by atoms with Crippen molar-refractivity contribution in [3.63, 3.8) is 0 Å². The second-order valence-electron chi connectivity index (χ2n) is 7.30. The molecule has 104 valence electrons. The maximum absolute atomic E-state index is 6.12. The molecule has 1 fully saturated rings. The molecular formula is C15H24BNO2.